The summed E-state index contributed by atoms with van der Waals surface area (Å²) in [4.78, 5) is 49.0. The summed E-state index contributed by atoms with van der Waals surface area (Å²) in [6, 6.07) is 3.66. The molecule has 0 atom stereocenters. The van der Waals surface area contributed by atoms with Gasteiger partial charge in [0.05, 0.1) is 12.6 Å². The first kappa shape index (κ1) is 20.4. The number of carbonyl (C=O) groups is 4. The van der Waals surface area contributed by atoms with Crippen molar-refractivity contribution in [2.75, 3.05) is 13.2 Å². The monoisotopic (exact) mass is 401 g/mol. The van der Waals surface area contributed by atoms with Crippen LogP contribution in [0.2, 0.25) is 0 Å². The molecule has 0 spiro atoms. The van der Waals surface area contributed by atoms with E-state index in [1.165, 1.54) is 18.2 Å². The number of hydrogen-bond acceptors (Lipinski definition) is 7. The van der Waals surface area contributed by atoms with Gasteiger partial charge in [0.15, 0.2) is 11.5 Å². The molecule has 0 bridgehead atoms. The lowest BCUT2D eigenvalue weighted by Gasteiger charge is -2.31. The number of carboxylic acid groups (broad SMARTS) is 1. The second-order valence-electron chi connectivity index (χ2n) is 6.73. The van der Waals surface area contributed by atoms with Crippen LogP contribution < -0.4 is 19.9 Å². The van der Waals surface area contributed by atoms with E-state index in [9.17, 15) is 24.3 Å². The van der Waals surface area contributed by atoms with E-state index < -0.39 is 30.4 Å². The molecule has 1 heterocycles. The minimum atomic E-state index is -1.38. The van der Waals surface area contributed by atoms with Crippen LogP contribution in [0.1, 0.15) is 38.2 Å². The van der Waals surface area contributed by atoms with Crippen LogP contribution in [0.4, 0.5) is 4.79 Å². The van der Waals surface area contributed by atoms with Crippen molar-refractivity contribution in [2.24, 2.45) is 0 Å². The minimum absolute atomic E-state index is 0.151. The summed E-state index contributed by atoms with van der Waals surface area (Å²) in [6.45, 7) is 1.40. The van der Waals surface area contributed by atoms with Crippen molar-refractivity contribution in [1.82, 2.24) is 10.2 Å². The third-order valence-electron chi connectivity index (χ3n) is 4.75. The summed E-state index contributed by atoms with van der Waals surface area (Å²) in [7, 11) is 0. The average Bonchev–Trinajstić information content (AvgIpc) is 3.18. The fraction of sp³-hybridized carbons (Fsp3) is 0.400. The van der Waals surface area contributed by atoms with Crippen molar-refractivity contribution < 1.29 is 33.8 Å². The Morgan fingerprint density at radius 3 is 2.59 bits per heavy atom. The van der Waals surface area contributed by atoms with Gasteiger partial charge in [-0.05, 0) is 43.5 Å². The van der Waals surface area contributed by atoms with E-state index in [1.807, 2.05) is 0 Å². The number of benzene rings is 1. The molecule has 4 amide bonds. The summed E-state index contributed by atoms with van der Waals surface area (Å²) in [6.07, 6.45) is 4.68. The third kappa shape index (κ3) is 4.56. The van der Waals surface area contributed by atoms with Crippen LogP contribution in [0.15, 0.2) is 23.8 Å². The minimum Gasteiger partial charge on any atom is -0.546 e. The number of urea groups is 1. The largest absolute Gasteiger partial charge is 0.546 e. The highest BCUT2D eigenvalue weighted by molar-refractivity contribution is 6.31. The van der Waals surface area contributed by atoms with Crippen LogP contribution in [0, 0.1) is 0 Å². The molecule has 2 fully saturated rings. The molecule has 1 aliphatic heterocycles. The number of carboxylic acids is 1. The first-order valence-electron chi connectivity index (χ1n) is 9.40. The van der Waals surface area contributed by atoms with Gasteiger partial charge in [0.1, 0.15) is 12.2 Å². The quantitative estimate of drug-likeness (QED) is 0.524. The van der Waals surface area contributed by atoms with E-state index in [1.54, 1.807) is 13.0 Å². The van der Waals surface area contributed by atoms with Crippen LogP contribution >= 0.6 is 0 Å². The van der Waals surface area contributed by atoms with E-state index in [2.05, 4.69) is 5.32 Å². The highest BCUT2D eigenvalue weighted by Crippen LogP contribution is 2.31. The molecule has 0 radical (unpaired) electrons. The Kier molecular flexibility index (Phi) is 6.16. The maximum Gasteiger partial charge on any atom is 0.331 e. The lowest BCUT2D eigenvalue weighted by atomic mass is 10.0. The molecular weight excluding hydrogens is 380 g/mol. The lowest BCUT2D eigenvalue weighted by molar-refractivity contribution is -0.307. The number of carbonyl (C=O) groups excluding carboxylic acids is 4. The molecule has 9 heteroatoms. The van der Waals surface area contributed by atoms with Crippen LogP contribution in [0.25, 0.3) is 6.08 Å². The van der Waals surface area contributed by atoms with Crippen molar-refractivity contribution in [1.29, 1.82) is 0 Å². The molecule has 1 aromatic carbocycles. The smallest absolute Gasteiger partial charge is 0.331 e. The number of rotatable bonds is 7. The molecule has 3 rings (SSSR count). The van der Waals surface area contributed by atoms with Gasteiger partial charge in [0.25, 0.3) is 11.8 Å². The van der Waals surface area contributed by atoms with Crippen molar-refractivity contribution in [2.45, 2.75) is 38.6 Å². The van der Waals surface area contributed by atoms with Gasteiger partial charge in [0, 0.05) is 6.04 Å². The summed E-state index contributed by atoms with van der Waals surface area (Å²) >= 11 is 0. The standard InChI is InChI=1S/C20H22N2O7/c1-2-28-16-10-12(7-8-15(16)29-11-17(23)24)9-14-18(25)21-20(27)22(19(14)26)13-5-3-4-6-13/h7-10,13H,2-6,11H2,1H3,(H,23,24)(H,21,25,27)/p-1/b14-9+. The predicted octanol–water partition coefficient (Wildman–Crippen LogP) is 0.618. The number of hydrogen-bond donors (Lipinski definition) is 1. The van der Waals surface area contributed by atoms with Crippen molar-refractivity contribution in [3.63, 3.8) is 0 Å². The van der Waals surface area contributed by atoms with Gasteiger partial charge in [-0.1, -0.05) is 18.9 Å². The van der Waals surface area contributed by atoms with Crippen LogP contribution in [0.3, 0.4) is 0 Å². The number of amides is 4. The number of ether oxygens (including phenoxy) is 2. The average molecular weight is 401 g/mol. The molecule has 0 aromatic heterocycles. The van der Waals surface area contributed by atoms with E-state index in [0.717, 1.165) is 30.6 Å². The molecule has 1 aliphatic carbocycles. The Hall–Kier alpha value is -3.36. The van der Waals surface area contributed by atoms with Crippen molar-refractivity contribution in [3.05, 3.63) is 29.3 Å². The number of imide groups is 2. The first-order chi connectivity index (χ1) is 13.9. The molecule has 2 aliphatic rings. The van der Waals surface area contributed by atoms with Crippen LogP contribution in [0.5, 0.6) is 11.5 Å². The van der Waals surface area contributed by atoms with Gasteiger partial charge in [-0.15, -0.1) is 0 Å². The zero-order chi connectivity index (χ0) is 21.0. The van der Waals surface area contributed by atoms with Gasteiger partial charge >= 0.3 is 6.03 Å². The van der Waals surface area contributed by atoms with Crippen molar-refractivity contribution >= 4 is 29.9 Å². The van der Waals surface area contributed by atoms with E-state index in [0.29, 0.717) is 12.2 Å². The molecule has 1 saturated carbocycles. The van der Waals surface area contributed by atoms with E-state index in [-0.39, 0.29) is 23.1 Å². The fourth-order valence-electron chi connectivity index (χ4n) is 3.47. The second-order valence-corrected chi connectivity index (χ2v) is 6.73. The molecule has 9 nitrogen and oxygen atoms in total. The maximum atomic E-state index is 12.8. The van der Waals surface area contributed by atoms with Crippen molar-refractivity contribution in [3.8, 4) is 11.5 Å². The lowest BCUT2D eigenvalue weighted by Crippen LogP contribution is -2.57. The Morgan fingerprint density at radius 2 is 1.93 bits per heavy atom. The predicted molar refractivity (Wildman–Crippen MR) is 98.7 cm³/mol. The SMILES string of the molecule is CCOc1cc(/C=C2\C(=O)NC(=O)N(C3CCCC3)C2=O)ccc1OCC(=O)[O-]. The second kappa shape index (κ2) is 8.76. The fourth-order valence-corrected chi connectivity index (χ4v) is 3.47. The molecule has 1 N–H and O–H groups in total. The van der Waals surface area contributed by atoms with Crippen LogP contribution in [-0.4, -0.2) is 48.0 Å². The Balaban J connectivity index is 1.89. The van der Waals surface area contributed by atoms with Gasteiger partial charge in [-0.3, -0.25) is 19.8 Å². The maximum absolute atomic E-state index is 12.8. The number of barbiturate groups is 1. The topological polar surface area (TPSA) is 125 Å². The number of nitrogens with zero attached hydrogens (tertiary/aromatic N) is 1. The van der Waals surface area contributed by atoms with Gasteiger partial charge < -0.3 is 19.4 Å². The van der Waals surface area contributed by atoms with Crippen LogP contribution in [-0.2, 0) is 14.4 Å². The summed E-state index contributed by atoms with van der Waals surface area (Å²) in [5, 5.41) is 12.8. The molecule has 1 saturated heterocycles. The highest BCUT2D eigenvalue weighted by atomic mass is 16.5. The molecule has 0 unspecified atom stereocenters. The Labute approximate surface area is 167 Å². The van der Waals surface area contributed by atoms with Gasteiger partial charge in [-0.2, -0.15) is 0 Å². The normalized spacial score (nSPS) is 18.9. The first-order valence-corrected chi connectivity index (χ1v) is 9.40. The molecule has 1 aromatic rings. The molecular formula is C20H21N2O7-. The summed E-state index contributed by atoms with van der Waals surface area (Å²) < 4.78 is 10.6. The zero-order valence-corrected chi connectivity index (χ0v) is 15.9. The zero-order valence-electron chi connectivity index (χ0n) is 15.9. The Bertz CT molecular complexity index is 872. The number of nitrogens with one attached hydrogen (secondary N) is 1. The van der Waals surface area contributed by atoms with E-state index >= 15 is 0 Å². The van der Waals surface area contributed by atoms with Gasteiger partial charge in [0.2, 0.25) is 0 Å². The molecule has 29 heavy (non-hydrogen) atoms. The summed E-state index contributed by atoms with van der Waals surface area (Å²) in [5.74, 6) is -2.30. The summed E-state index contributed by atoms with van der Waals surface area (Å²) in [5.41, 5.74) is 0.316. The molecule has 154 valence electrons. The highest BCUT2D eigenvalue weighted by Gasteiger charge is 2.40. The Morgan fingerprint density at radius 1 is 1.21 bits per heavy atom. The van der Waals surface area contributed by atoms with E-state index in [4.69, 9.17) is 9.47 Å². The van der Waals surface area contributed by atoms with Gasteiger partial charge in [-0.25, -0.2) is 4.79 Å². The number of aliphatic carboxylic acids is 1. The third-order valence-corrected chi connectivity index (χ3v) is 4.75.